The zero-order chi connectivity index (χ0) is 30.3. The van der Waals surface area contributed by atoms with Gasteiger partial charge in [0.05, 0.1) is 43.7 Å². The van der Waals surface area contributed by atoms with Crippen LogP contribution >= 0.6 is 0 Å². The summed E-state index contributed by atoms with van der Waals surface area (Å²) >= 11 is 0. The van der Waals surface area contributed by atoms with Crippen LogP contribution < -0.4 is 14.8 Å². The molecular weight excluding hydrogens is 578 g/mol. The molecule has 0 saturated heterocycles. The number of aliphatic imine (C=N–C) groups is 1. The maximum atomic E-state index is 12.9. The fraction of sp³-hybridized carbons (Fsp3) is 0.0690. The zero-order valence-corrected chi connectivity index (χ0v) is 24.2. The van der Waals surface area contributed by atoms with Crippen molar-refractivity contribution in [2.24, 2.45) is 4.99 Å². The molecule has 0 unspecified atom stereocenters. The van der Waals surface area contributed by atoms with E-state index < -0.39 is 30.7 Å². The lowest BCUT2D eigenvalue weighted by Crippen LogP contribution is -2.14. The second-order valence-corrected chi connectivity index (χ2v) is 12.5. The Morgan fingerprint density at radius 1 is 0.690 bits per heavy atom. The largest absolute Gasteiger partial charge is 0.354 e. The number of nitrogens with one attached hydrogen (secondary N) is 3. The molecule has 4 aromatic carbocycles. The van der Waals surface area contributed by atoms with E-state index in [9.17, 15) is 26.9 Å². The molecule has 3 N–H and O–H groups in total. The van der Waals surface area contributed by atoms with E-state index in [1.54, 1.807) is 54.6 Å². The van der Waals surface area contributed by atoms with Crippen LogP contribution in [0.3, 0.4) is 0 Å². The third-order valence-electron chi connectivity index (χ3n) is 5.90. The van der Waals surface area contributed by atoms with E-state index >= 15 is 0 Å². The molecule has 0 bridgehead atoms. The van der Waals surface area contributed by atoms with Crippen molar-refractivity contribution in [3.8, 4) is 0 Å². The van der Waals surface area contributed by atoms with Crippen LogP contribution in [0.5, 0.6) is 0 Å². The van der Waals surface area contributed by atoms with Gasteiger partial charge in [-0.2, -0.15) is 0 Å². The lowest BCUT2D eigenvalue weighted by atomic mass is 10.2. The monoisotopic (exact) mass is 605 g/mol. The summed E-state index contributed by atoms with van der Waals surface area (Å²) in [7, 11) is -7.86. The van der Waals surface area contributed by atoms with Gasteiger partial charge in [-0.3, -0.25) is 19.6 Å². The smallest absolute Gasteiger partial charge is 0.303 e. The Kier molecular flexibility index (Phi) is 9.03. The molecule has 216 valence electrons. The Morgan fingerprint density at radius 2 is 1.14 bits per heavy atom. The molecule has 0 aromatic heterocycles. The number of para-hydroxylation sites is 4. The van der Waals surface area contributed by atoms with Gasteiger partial charge in [0.1, 0.15) is 6.21 Å². The summed E-state index contributed by atoms with van der Waals surface area (Å²) < 4.78 is 56.4. The summed E-state index contributed by atoms with van der Waals surface area (Å²) in [6.07, 6.45) is 2.02. The molecule has 0 atom stereocenters. The van der Waals surface area contributed by atoms with Crippen LogP contribution in [0, 0.1) is 24.0 Å². The molecular formula is C29H27N5O6S2. The molecule has 13 heteroatoms. The van der Waals surface area contributed by atoms with Gasteiger partial charge >= 0.3 is 5.70 Å². The SMILES string of the molecule is Cc1ccc(S(=O)(=O)Nc2ccccc2N=C/C(=C/Nc2ccccc2NS(=O)(=O)c2ccc(C)cc2)[N+](=O)[O-])cc1. The van der Waals surface area contributed by atoms with Crippen LogP contribution in [0.1, 0.15) is 11.1 Å². The average molecular weight is 606 g/mol. The summed E-state index contributed by atoms with van der Waals surface area (Å²) in [6.45, 7) is 3.68. The van der Waals surface area contributed by atoms with Gasteiger partial charge in [0, 0.05) is 0 Å². The topological polar surface area (TPSA) is 160 Å². The van der Waals surface area contributed by atoms with E-state index in [4.69, 9.17) is 0 Å². The zero-order valence-electron chi connectivity index (χ0n) is 22.6. The number of aryl methyl sites for hydroxylation is 2. The highest BCUT2D eigenvalue weighted by atomic mass is 32.2. The summed E-state index contributed by atoms with van der Waals surface area (Å²) in [5.74, 6) is 0. The van der Waals surface area contributed by atoms with Crippen molar-refractivity contribution in [3.05, 3.63) is 130 Å². The van der Waals surface area contributed by atoms with Crippen LogP contribution in [0.2, 0.25) is 0 Å². The first-order valence-corrected chi connectivity index (χ1v) is 15.4. The maximum Gasteiger partial charge on any atom is 0.303 e. The van der Waals surface area contributed by atoms with Crippen molar-refractivity contribution >= 4 is 49.0 Å². The molecule has 0 aliphatic rings. The van der Waals surface area contributed by atoms with Crippen molar-refractivity contribution < 1.29 is 21.8 Å². The lowest BCUT2D eigenvalue weighted by molar-refractivity contribution is -0.414. The molecule has 0 saturated carbocycles. The lowest BCUT2D eigenvalue weighted by Gasteiger charge is -2.12. The van der Waals surface area contributed by atoms with Crippen LogP contribution in [0.15, 0.2) is 124 Å². The molecule has 42 heavy (non-hydrogen) atoms. The molecule has 11 nitrogen and oxygen atoms in total. The van der Waals surface area contributed by atoms with Gasteiger partial charge in [-0.05, 0) is 62.4 Å². The van der Waals surface area contributed by atoms with Gasteiger partial charge in [0.25, 0.3) is 20.0 Å². The second-order valence-electron chi connectivity index (χ2n) is 9.13. The number of rotatable bonds is 11. The van der Waals surface area contributed by atoms with Crippen molar-refractivity contribution in [1.29, 1.82) is 0 Å². The highest BCUT2D eigenvalue weighted by Crippen LogP contribution is 2.28. The molecule has 4 aromatic rings. The van der Waals surface area contributed by atoms with E-state index in [1.165, 1.54) is 42.5 Å². The molecule has 0 fully saturated rings. The number of nitro groups is 1. The predicted octanol–water partition coefficient (Wildman–Crippen LogP) is 5.84. The first-order chi connectivity index (χ1) is 19.9. The number of hydrogen-bond acceptors (Lipinski definition) is 8. The van der Waals surface area contributed by atoms with Gasteiger partial charge in [0.2, 0.25) is 0 Å². The second kappa shape index (κ2) is 12.7. The molecule has 4 rings (SSSR count). The molecule has 0 heterocycles. The third kappa shape index (κ3) is 7.59. The van der Waals surface area contributed by atoms with Crippen LogP contribution in [0.4, 0.5) is 22.7 Å². The molecule has 0 spiro atoms. The first-order valence-electron chi connectivity index (χ1n) is 12.5. The fourth-order valence-corrected chi connectivity index (χ4v) is 5.79. The van der Waals surface area contributed by atoms with Gasteiger partial charge < -0.3 is 5.32 Å². The Labute approximate surface area is 243 Å². The van der Waals surface area contributed by atoms with Crippen LogP contribution in [-0.4, -0.2) is 28.0 Å². The summed E-state index contributed by atoms with van der Waals surface area (Å²) in [6, 6.07) is 25.1. The highest BCUT2D eigenvalue weighted by Gasteiger charge is 2.18. The Balaban J connectivity index is 1.56. The Hall–Kier alpha value is -5.01. The van der Waals surface area contributed by atoms with Crippen LogP contribution in [0.25, 0.3) is 0 Å². The van der Waals surface area contributed by atoms with E-state index in [2.05, 4.69) is 19.8 Å². The average Bonchev–Trinajstić information content (AvgIpc) is 2.94. The highest BCUT2D eigenvalue weighted by molar-refractivity contribution is 7.93. The summed E-state index contributed by atoms with van der Waals surface area (Å²) in [5, 5.41) is 14.5. The van der Waals surface area contributed by atoms with Gasteiger partial charge in [-0.15, -0.1) is 0 Å². The number of hydrogen-bond donors (Lipinski definition) is 3. The number of allylic oxidation sites excluding steroid dienone is 1. The minimum absolute atomic E-state index is 0.0543. The van der Waals surface area contributed by atoms with Crippen molar-refractivity contribution in [2.45, 2.75) is 23.6 Å². The van der Waals surface area contributed by atoms with E-state index in [0.717, 1.165) is 23.5 Å². The van der Waals surface area contributed by atoms with Gasteiger partial charge in [-0.25, -0.2) is 21.8 Å². The maximum absolute atomic E-state index is 12.9. The van der Waals surface area contributed by atoms with E-state index in [0.29, 0.717) is 0 Å². The van der Waals surface area contributed by atoms with Crippen molar-refractivity contribution in [3.63, 3.8) is 0 Å². The number of anilines is 3. The molecule has 0 aliphatic heterocycles. The normalized spacial score (nSPS) is 12.2. The third-order valence-corrected chi connectivity index (χ3v) is 8.67. The molecule has 0 radical (unpaired) electrons. The molecule has 0 aliphatic carbocycles. The Bertz CT molecular complexity index is 1870. The predicted molar refractivity (Wildman–Crippen MR) is 164 cm³/mol. The Morgan fingerprint density at radius 3 is 1.67 bits per heavy atom. The number of benzene rings is 4. The molecule has 0 amide bonds. The summed E-state index contributed by atoms with van der Waals surface area (Å²) in [5.41, 5.74) is 2.03. The van der Waals surface area contributed by atoms with Crippen molar-refractivity contribution in [1.82, 2.24) is 0 Å². The van der Waals surface area contributed by atoms with Crippen molar-refractivity contribution in [2.75, 3.05) is 14.8 Å². The minimum Gasteiger partial charge on any atom is -0.354 e. The standard InChI is InChI=1S/C29H27N5O6S2/c1-21-11-15-24(16-12-21)41(37,38)32-28-9-5-3-7-26(28)30-19-23(34(35)36)20-31-27-8-4-6-10-29(27)33-42(39,40)25-17-13-22(2)14-18-25/h3-20,30,32-33H,1-2H3/b23-19-,31-20?. The van der Waals surface area contributed by atoms with E-state index in [-0.39, 0.29) is 32.5 Å². The fourth-order valence-electron chi connectivity index (χ4n) is 3.64. The van der Waals surface area contributed by atoms with Gasteiger partial charge in [0.15, 0.2) is 0 Å². The number of sulfonamides is 2. The minimum atomic E-state index is -3.94. The van der Waals surface area contributed by atoms with Crippen LogP contribution in [-0.2, 0) is 20.0 Å². The van der Waals surface area contributed by atoms with E-state index in [1.807, 2.05) is 13.8 Å². The first kappa shape index (κ1) is 30.0. The summed E-state index contributed by atoms with van der Waals surface area (Å²) in [4.78, 5) is 15.4. The number of nitrogens with zero attached hydrogens (tertiary/aromatic N) is 2. The van der Waals surface area contributed by atoms with Gasteiger partial charge in [-0.1, -0.05) is 59.7 Å². The quantitative estimate of drug-likeness (QED) is 0.110.